The first-order valence-electron chi connectivity index (χ1n) is 1.80. The molecule has 0 aromatic rings. The van der Waals surface area contributed by atoms with E-state index >= 15 is 0 Å². The molecular weight excluding hydrogens is 200 g/mol. The summed E-state index contributed by atoms with van der Waals surface area (Å²) in [5.74, 6) is 0. The molecule has 0 fully saturated rings. The average Bonchev–Trinajstić information content (AvgIpc) is 1.59. The summed E-state index contributed by atoms with van der Waals surface area (Å²) in [6.07, 6.45) is -5.44. The third kappa shape index (κ3) is 2.70. The first kappa shape index (κ1) is 9.96. The maximum Gasteiger partial charge on any atom is 0.435 e. The van der Waals surface area contributed by atoms with E-state index in [9.17, 15) is 26.0 Å². The molecule has 1 atom stereocenters. The average molecular weight is 201 g/mol. The van der Waals surface area contributed by atoms with Crippen LogP contribution in [0.2, 0.25) is 0 Å². The van der Waals surface area contributed by atoms with Crippen molar-refractivity contribution in [1.82, 2.24) is 0 Å². The highest BCUT2D eigenvalue weighted by Crippen LogP contribution is 2.28. The molecule has 8 heteroatoms. The zero-order valence-corrected chi connectivity index (χ0v) is 5.76. The summed E-state index contributed by atoms with van der Waals surface area (Å²) < 4.78 is 64.2. The highest BCUT2D eigenvalue weighted by atomic mass is 35.7. The lowest BCUT2D eigenvalue weighted by atomic mass is 10.7. The number of rotatable bonds is 1. The highest BCUT2D eigenvalue weighted by molar-refractivity contribution is 8.14. The Morgan fingerprint density at radius 3 is 1.60 bits per heavy atom. The van der Waals surface area contributed by atoms with Crippen molar-refractivity contribution in [3.05, 3.63) is 0 Å². The molecule has 1 unspecified atom stereocenters. The van der Waals surface area contributed by atoms with Gasteiger partial charge in [0.1, 0.15) is 0 Å². The van der Waals surface area contributed by atoms with E-state index in [2.05, 4.69) is 10.7 Å². The minimum absolute atomic E-state index is 4.00. The van der Waals surface area contributed by atoms with Gasteiger partial charge in [0.25, 0.3) is 9.05 Å². The van der Waals surface area contributed by atoms with Crippen LogP contribution in [-0.4, -0.2) is 20.1 Å². The molecule has 0 bridgehead atoms. The lowest BCUT2D eigenvalue weighted by molar-refractivity contribution is -0.155. The Kier molecular flexibility index (Phi) is 2.53. The number of hydrogen-bond acceptors (Lipinski definition) is 2. The van der Waals surface area contributed by atoms with E-state index < -0.39 is 20.7 Å². The van der Waals surface area contributed by atoms with E-state index in [1.807, 2.05) is 0 Å². The zero-order chi connectivity index (χ0) is 8.58. The lowest BCUT2D eigenvalue weighted by Crippen LogP contribution is -2.29. The molecular formula is C2HClF4O2S. The summed E-state index contributed by atoms with van der Waals surface area (Å²) in [6, 6.07) is 0. The topological polar surface area (TPSA) is 34.1 Å². The van der Waals surface area contributed by atoms with E-state index in [4.69, 9.17) is 0 Å². The van der Waals surface area contributed by atoms with Gasteiger partial charge in [-0.1, -0.05) is 0 Å². The Hall–Kier alpha value is -0.0400. The van der Waals surface area contributed by atoms with Crippen molar-refractivity contribution in [3.63, 3.8) is 0 Å². The van der Waals surface area contributed by atoms with Crippen molar-refractivity contribution < 1.29 is 26.0 Å². The summed E-state index contributed by atoms with van der Waals surface area (Å²) in [5, 5.41) is 0. The molecule has 62 valence electrons. The third-order valence-corrected chi connectivity index (χ3v) is 1.74. The minimum atomic E-state index is -5.44. The first-order chi connectivity index (χ1) is 4.15. The second-order valence-electron chi connectivity index (χ2n) is 1.33. The van der Waals surface area contributed by atoms with Gasteiger partial charge in [-0.2, -0.15) is 13.2 Å². The van der Waals surface area contributed by atoms with Crippen LogP contribution >= 0.6 is 10.7 Å². The maximum absolute atomic E-state index is 11.6. The van der Waals surface area contributed by atoms with E-state index in [1.54, 1.807) is 0 Å². The normalized spacial score (nSPS) is 16.9. The van der Waals surface area contributed by atoms with Crippen molar-refractivity contribution >= 4 is 19.7 Å². The van der Waals surface area contributed by atoms with Gasteiger partial charge in [0.2, 0.25) is 0 Å². The Morgan fingerprint density at radius 2 is 1.60 bits per heavy atom. The molecule has 0 amide bonds. The molecule has 10 heavy (non-hydrogen) atoms. The van der Waals surface area contributed by atoms with Crippen LogP contribution in [0.15, 0.2) is 0 Å². The largest absolute Gasteiger partial charge is 0.435 e. The second-order valence-corrected chi connectivity index (χ2v) is 3.99. The summed E-state index contributed by atoms with van der Waals surface area (Å²) in [6.45, 7) is 0. The van der Waals surface area contributed by atoms with Crippen LogP contribution in [0, 0.1) is 0 Å². The van der Waals surface area contributed by atoms with Crippen LogP contribution in [0.1, 0.15) is 0 Å². The van der Waals surface area contributed by atoms with Crippen LogP contribution in [0.5, 0.6) is 0 Å². The maximum atomic E-state index is 11.6. The predicted octanol–water partition coefficient (Wildman–Crippen LogP) is 1.41. The molecule has 0 N–H and O–H groups in total. The SMILES string of the molecule is O=S(=O)(Cl)C(F)C(F)(F)F. The molecule has 0 radical (unpaired) electrons. The van der Waals surface area contributed by atoms with Gasteiger partial charge < -0.3 is 0 Å². The standard InChI is InChI=1S/C2HClF4O2S/c3-10(8,9)1(4)2(5,6)7/h1H. The van der Waals surface area contributed by atoms with Gasteiger partial charge in [0.05, 0.1) is 0 Å². The van der Waals surface area contributed by atoms with Crippen molar-refractivity contribution in [1.29, 1.82) is 0 Å². The number of alkyl halides is 4. The van der Waals surface area contributed by atoms with Crippen molar-refractivity contribution in [2.24, 2.45) is 0 Å². The molecule has 0 spiro atoms. The monoisotopic (exact) mass is 200 g/mol. The molecule has 0 saturated heterocycles. The molecule has 2 nitrogen and oxygen atoms in total. The van der Waals surface area contributed by atoms with Crippen LogP contribution in [0.25, 0.3) is 0 Å². The predicted molar refractivity (Wildman–Crippen MR) is 25.7 cm³/mol. The molecule has 0 aromatic heterocycles. The Morgan fingerprint density at radius 1 is 1.30 bits per heavy atom. The van der Waals surface area contributed by atoms with Gasteiger partial charge >= 0.3 is 11.7 Å². The molecule has 0 rings (SSSR count). The second kappa shape index (κ2) is 2.54. The fourth-order valence-electron chi connectivity index (χ4n) is 0.160. The quantitative estimate of drug-likeness (QED) is 0.474. The van der Waals surface area contributed by atoms with Crippen LogP contribution in [0.3, 0.4) is 0 Å². The van der Waals surface area contributed by atoms with Gasteiger partial charge in [-0.25, -0.2) is 12.8 Å². The van der Waals surface area contributed by atoms with Gasteiger partial charge in [-0.05, 0) is 0 Å². The molecule has 0 saturated carbocycles. The van der Waals surface area contributed by atoms with Crippen molar-refractivity contribution in [2.45, 2.75) is 11.7 Å². The van der Waals surface area contributed by atoms with E-state index in [0.29, 0.717) is 0 Å². The lowest BCUT2D eigenvalue weighted by Gasteiger charge is -2.07. The summed E-state index contributed by atoms with van der Waals surface area (Å²) in [7, 11) is -1.13. The number of hydrogen-bond donors (Lipinski definition) is 0. The van der Waals surface area contributed by atoms with E-state index in [1.165, 1.54) is 0 Å². The number of halogens is 5. The van der Waals surface area contributed by atoms with Crippen molar-refractivity contribution in [2.75, 3.05) is 0 Å². The van der Waals surface area contributed by atoms with Gasteiger partial charge in [0, 0.05) is 10.7 Å². The molecule has 0 aromatic carbocycles. The smallest absolute Gasteiger partial charge is 0.218 e. The molecule has 0 heterocycles. The van der Waals surface area contributed by atoms with Gasteiger partial charge in [-0.3, -0.25) is 0 Å². The summed E-state index contributed by atoms with van der Waals surface area (Å²) in [4.78, 5) is 0. The van der Waals surface area contributed by atoms with E-state index in [-0.39, 0.29) is 0 Å². The zero-order valence-electron chi connectivity index (χ0n) is 4.19. The van der Waals surface area contributed by atoms with Gasteiger partial charge in [-0.15, -0.1) is 0 Å². The summed E-state index contributed by atoms with van der Waals surface area (Å²) in [5.41, 5.74) is -4.00. The van der Waals surface area contributed by atoms with Crippen LogP contribution in [-0.2, 0) is 9.05 Å². The third-order valence-electron chi connectivity index (χ3n) is 0.505. The Labute approximate surface area is 58.2 Å². The van der Waals surface area contributed by atoms with Gasteiger partial charge in [0.15, 0.2) is 0 Å². The Bertz CT molecular complexity index is 206. The minimum Gasteiger partial charge on any atom is -0.218 e. The fourth-order valence-corrected chi connectivity index (χ4v) is 0.782. The molecule has 0 aliphatic heterocycles. The van der Waals surface area contributed by atoms with Crippen LogP contribution < -0.4 is 0 Å². The first-order valence-corrected chi connectivity index (χ1v) is 4.17. The van der Waals surface area contributed by atoms with Crippen molar-refractivity contribution in [3.8, 4) is 0 Å². The Balaban J connectivity index is 4.56. The highest BCUT2D eigenvalue weighted by Gasteiger charge is 2.48. The molecule has 0 aliphatic carbocycles. The molecule has 0 aliphatic rings. The van der Waals surface area contributed by atoms with E-state index in [0.717, 1.165) is 0 Å². The fraction of sp³-hybridized carbons (Fsp3) is 1.00. The van der Waals surface area contributed by atoms with Crippen LogP contribution in [0.4, 0.5) is 17.6 Å². The summed E-state index contributed by atoms with van der Waals surface area (Å²) >= 11 is 0.